The molecule has 1 saturated heterocycles. The Bertz CT molecular complexity index is 828. The number of hydrogen-bond acceptors (Lipinski definition) is 4. The standard InChI is InChI=1S/C23H24ClNO4/c24-20-7-9-21(10-8-20)28-16-17-29-23(27)19-12-14-25(15-13-19)22(26)11-6-18-4-2-1-3-5-18/h1-11,19H,12-17H2/b11-6+. The van der Waals surface area contributed by atoms with Crippen LogP contribution in [0, 0.1) is 5.92 Å². The van der Waals surface area contributed by atoms with Crippen LogP contribution in [0.4, 0.5) is 0 Å². The molecule has 2 aromatic rings. The van der Waals surface area contributed by atoms with Gasteiger partial charge >= 0.3 is 5.97 Å². The predicted molar refractivity (Wildman–Crippen MR) is 113 cm³/mol. The molecule has 152 valence electrons. The first-order valence-electron chi connectivity index (χ1n) is 9.69. The minimum Gasteiger partial charge on any atom is -0.490 e. The molecule has 0 bridgehead atoms. The zero-order valence-corrected chi connectivity index (χ0v) is 16.9. The van der Waals surface area contributed by atoms with Gasteiger partial charge in [-0.3, -0.25) is 9.59 Å². The maximum absolute atomic E-state index is 12.3. The predicted octanol–water partition coefficient (Wildman–Crippen LogP) is 4.21. The lowest BCUT2D eigenvalue weighted by atomic mass is 9.97. The number of esters is 1. The van der Waals surface area contributed by atoms with Crippen LogP contribution in [-0.2, 0) is 14.3 Å². The molecule has 1 amide bonds. The molecule has 0 unspecified atom stereocenters. The van der Waals surface area contributed by atoms with Crippen molar-refractivity contribution in [3.63, 3.8) is 0 Å². The van der Waals surface area contributed by atoms with Gasteiger partial charge in [-0.05, 0) is 48.7 Å². The highest BCUT2D eigenvalue weighted by Gasteiger charge is 2.27. The molecule has 0 spiro atoms. The van der Waals surface area contributed by atoms with Gasteiger partial charge in [0.25, 0.3) is 0 Å². The highest BCUT2D eigenvalue weighted by Crippen LogP contribution is 2.19. The third-order valence-corrected chi connectivity index (χ3v) is 5.02. The fourth-order valence-corrected chi connectivity index (χ4v) is 3.25. The molecular weight excluding hydrogens is 390 g/mol. The second-order valence-electron chi connectivity index (χ2n) is 6.81. The van der Waals surface area contributed by atoms with E-state index in [2.05, 4.69) is 0 Å². The van der Waals surface area contributed by atoms with Gasteiger partial charge in [0.05, 0.1) is 5.92 Å². The average Bonchev–Trinajstić information content (AvgIpc) is 2.77. The van der Waals surface area contributed by atoms with Crippen molar-refractivity contribution in [3.8, 4) is 5.75 Å². The number of halogens is 1. The Morgan fingerprint density at radius 1 is 1.00 bits per heavy atom. The van der Waals surface area contributed by atoms with E-state index in [9.17, 15) is 9.59 Å². The fourth-order valence-electron chi connectivity index (χ4n) is 3.12. The molecule has 0 aliphatic carbocycles. The first-order chi connectivity index (χ1) is 14.1. The number of amides is 1. The van der Waals surface area contributed by atoms with Crippen LogP contribution in [0.15, 0.2) is 60.7 Å². The van der Waals surface area contributed by atoms with Gasteiger partial charge in [0.1, 0.15) is 19.0 Å². The maximum atomic E-state index is 12.3. The van der Waals surface area contributed by atoms with Crippen LogP contribution in [0.2, 0.25) is 5.02 Å². The van der Waals surface area contributed by atoms with Gasteiger partial charge in [0.15, 0.2) is 0 Å². The van der Waals surface area contributed by atoms with E-state index in [0.29, 0.717) is 36.7 Å². The maximum Gasteiger partial charge on any atom is 0.309 e. The zero-order valence-electron chi connectivity index (χ0n) is 16.1. The zero-order chi connectivity index (χ0) is 20.5. The van der Waals surface area contributed by atoms with E-state index in [0.717, 1.165) is 5.56 Å². The molecule has 6 heteroatoms. The minimum absolute atomic E-state index is 0.0305. The normalized spacial score (nSPS) is 14.7. The number of ether oxygens (including phenoxy) is 2. The van der Waals surface area contributed by atoms with Crippen molar-refractivity contribution < 1.29 is 19.1 Å². The lowest BCUT2D eigenvalue weighted by Gasteiger charge is -2.30. The molecule has 0 N–H and O–H groups in total. The van der Waals surface area contributed by atoms with Crippen molar-refractivity contribution in [1.82, 2.24) is 4.90 Å². The summed E-state index contributed by atoms with van der Waals surface area (Å²) < 4.78 is 10.8. The largest absolute Gasteiger partial charge is 0.490 e. The van der Waals surface area contributed by atoms with Crippen LogP contribution in [0.5, 0.6) is 5.75 Å². The van der Waals surface area contributed by atoms with E-state index >= 15 is 0 Å². The number of carbonyl (C=O) groups is 2. The Labute approximate surface area is 175 Å². The van der Waals surface area contributed by atoms with E-state index < -0.39 is 0 Å². The number of benzene rings is 2. The molecule has 1 fully saturated rings. The lowest BCUT2D eigenvalue weighted by Crippen LogP contribution is -2.40. The molecule has 0 atom stereocenters. The number of nitrogens with zero attached hydrogens (tertiary/aromatic N) is 1. The summed E-state index contributed by atoms with van der Waals surface area (Å²) in [7, 11) is 0. The van der Waals surface area contributed by atoms with Crippen LogP contribution in [0.25, 0.3) is 6.08 Å². The van der Waals surface area contributed by atoms with Crippen LogP contribution < -0.4 is 4.74 Å². The van der Waals surface area contributed by atoms with Crippen LogP contribution in [0.1, 0.15) is 18.4 Å². The summed E-state index contributed by atoms with van der Waals surface area (Å²) in [6.07, 6.45) is 4.62. The second kappa shape index (κ2) is 10.7. The number of piperidine rings is 1. The van der Waals surface area contributed by atoms with E-state index in [4.69, 9.17) is 21.1 Å². The Balaban J connectivity index is 1.35. The van der Waals surface area contributed by atoms with Crippen LogP contribution in [0.3, 0.4) is 0 Å². The van der Waals surface area contributed by atoms with E-state index in [-0.39, 0.29) is 31.0 Å². The van der Waals surface area contributed by atoms with Crippen molar-refractivity contribution in [2.24, 2.45) is 5.92 Å². The average molecular weight is 414 g/mol. The Hall–Kier alpha value is -2.79. The van der Waals surface area contributed by atoms with Gasteiger partial charge < -0.3 is 14.4 Å². The highest BCUT2D eigenvalue weighted by atomic mass is 35.5. The second-order valence-corrected chi connectivity index (χ2v) is 7.25. The molecule has 29 heavy (non-hydrogen) atoms. The third-order valence-electron chi connectivity index (χ3n) is 4.77. The summed E-state index contributed by atoms with van der Waals surface area (Å²) in [6, 6.07) is 16.7. The topological polar surface area (TPSA) is 55.8 Å². The molecule has 3 rings (SSSR count). The number of likely N-dealkylation sites (tertiary alicyclic amines) is 1. The van der Waals surface area contributed by atoms with Crippen molar-refractivity contribution in [2.75, 3.05) is 26.3 Å². The fraction of sp³-hybridized carbons (Fsp3) is 0.304. The van der Waals surface area contributed by atoms with E-state index in [1.807, 2.05) is 36.4 Å². The minimum atomic E-state index is -0.225. The van der Waals surface area contributed by atoms with Crippen LogP contribution >= 0.6 is 11.6 Å². The SMILES string of the molecule is O=C(OCCOc1ccc(Cl)cc1)C1CCN(C(=O)/C=C/c2ccccc2)CC1. The summed E-state index contributed by atoms with van der Waals surface area (Å²) in [5.41, 5.74) is 0.986. The third kappa shape index (κ3) is 6.64. The molecule has 0 aromatic heterocycles. The molecule has 1 aliphatic heterocycles. The summed E-state index contributed by atoms with van der Waals surface area (Å²) in [4.78, 5) is 26.3. The van der Waals surface area contributed by atoms with E-state index in [1.54, 1.807) is 35.2 Å². The molecule has 1 heterocycles. The van der Waals surface area contributed by atoms with Gasteiger partial charge in [-0.1, -0.05) is 41.9 Å². The first kappa shape index (κ1) is 20.9. The summed E-state index contributed by atoms with van der Waals surface area (Å²) in [5.74, 6) is 0.252. The molecule has 1 aliphatic rings. The Morgan fingerprint density at radius 3 is 2.38 bits per heavy atom. The smallest absolute Gasteiger partial charge is 0.309 e. The van der Waals surface area contributed by atoms with Crippen molar-refractivity contribution in [2.45, 2.75) is 12.8 Å². The number of hydrogen-bond donors (Lipinski definition) is 0. The molecule has 0 radical (unpaired) electrons. The molecular formula is C23H24ClNO4. The van der Waals surface area contributed by atoms with E-state index in [1.165, 1.54) is 0 Å². The number of carbonyl (C=O) groups excluding carboxylic acids is 2. The summed E-state index contributed by atoms with van der Waals surface area (Å²) >= 11 is 5.82. The van der Waals surface area contributed by atoms with Crippen molar-refractivity contribution in [1.29, 1.82) is 0 Å². The Kier molecular flexibility index (Phi) is 7.70. The monoisotopic (exact) mass is 413 g/mol. The van der Waals surface area contributed by atoms with Gasteiger partial charge in [-0.2, -0.15) is 0 Å². The summed E-state index contributed by atoms with van der Waals surface area (Å²) in [6.45, 7) is 1.59. The quantitative estimate of drug-likeness (QED) is 0.387. The van der Waals surface area contributed by atoms with Crippen molar-refractivity contribution in [3.05, 3.63) is 71.3 Å². The van der Waals surface area contributed by atoms with Gasteiger partial charge in [0.2, 0.25) is 5.91 Å². The van der Waals surface area contributed by atoms with Gasteiger partial charge in [-0.15, -0.1) is 0 Å². The highest BCUT2D eigenvalue weighted by molar-refractivity contribution is 6.30. The molecule has 5 nitrogen and oxygen atoms in total. The number of rotatable bonds is 7. The van der Waals surface area contributed by atoms with Crippen molar-refractivity contribution >= 4 is 29.6 Å². The van der Waals surface area contributed by atoms with Gasteiger partial charge in [0, 0.05) is 24.2 Å². The lowest BCUT2D eigenvalue weighted by molar-refractivity contribution is -0.152. The van der Waals surface area contributed by atoms with Crippen LogP contribution in [-0.4, -0.2) is 43.1 Å². The summed E-state index contributed by atoms with van der Waals surface area (Å²) in [5, 5.41) is 0.643. The molecule has 0 saturated carbocycles. The first-order valence-corrected chi connectivity index (χ1v) is 10.1. The van der Waals surface area contributed by atoms with Gasteiger partial charge in [-0.25, -0.2) is 0 Å². The molecule has 2 aromatic carbocycles. The Morgan fingerprint density at radius 2 is 1.69 bits per heavy atom.